The van der Waals surface area contributed by atoms with Crippen molar-refractivity contribution in [2.24, 2.45) is 0 Å². The summed E-state index contributed by atoms with van der Waals surface area (Å²) in [7, 11) is 0. The summed E-state index contributed by atoms with van der Waals surface area (Å²) in [6, 6.07) is 5.93. The lowest BCUT2D eigenvalue weighted by molar-refractivity contribution is 0.281. The highest BCUT2D eigenvalue weighted by Gasteiger charge is 2.04. The molecular weight excluding hydrogens is 286 g/mol. The summed E-state index contributed by atoms with van der Waals surface area (Å²) in [4.78, 5) is 0. The molecule has 0 bridgehead atoms. The fraction of sp³-hybridized carbons (Fsp3) is 0.500. The van der Waals surface area contributed by atoms with E-state index in [2.05, 4.69) is 28.2 Å². The summed E-state index contributed by atoms with van der Waals surface area (Å²) >= 11 is 5.39. The van der Waals surface area contributed by atoms with Crippen molar-refractivity contribution < 1.29 is 5.11 Å². The molecular formula is C12H18BrNOS. The molecule has 2 nitrogen and oxygen atoms in total. The van der Waals surface area contributed by atoms with Crippen molar-refractivity contribution in [3.63, 3.8) is 0 Å². The van der Waals surface area contributed by atoms with Crippen molar-refractivity contribution in [2.75, 3.05) is 23.4 Å². The fourth-order valence-electron chi connectivity index (χ4n) is 1.43. The average Bonchev–Trinajstić information content (AvgIpc) is 2.29. The summed E-state index contributed by atoms with van der Waals surface area (Å²) < 4.78 is 0.961. The highest BCUT2D eigenvalue weighted by atomic mass is 79.9. The van der Waals surface area contributed by atoms with Gasteiger partial charge < -0.3 is 10.4 Å². The topological polar surface area (TPSA) is 32.3 Å². The smallest absolute Gasteiger partial charge is 0.0713 e. The molecule has 0 unspecified atom stereocenters. The zero-order valence-electron chi connectivity index (χ0n) is 9.50. The first kappa shape index (κ1) is 13.9. The van der Waals surface area contributed by atoms with Crippen molar-refractivity contribution in [2.45, 2.75) is 20.0 Å². The van der Waals surface area contributed by atoms with E-state index in [1.165, 1.54) is 11.5 Å². The summed E-state index contributed by atoms with van der Waals surface area (Å²) in [6.07, 6.45) is 1.15. The van der Waals surface area contributed by atoms with E-state index in [1.807, 2.05) is 30.0 Å². The second-order valence-electron chi connectivity index (χ2n) is 3.40. The van der Waals surface area contributed by atoms with Gasteiger partial charge in [-0.3, -0.25) is 0 Å². The molecule has 1 aromatic carbocycles. The first-order valence-corrected chi connectivity index (χ1v) is 7.44. The molecule has 90 valence electrons. The number of benzene rings is 1. The van der Waals surface area contributed by atoms with Crippen LogP contribution in [-0.4, -0.2) is 23.2 Å². The molecule has 2 N–H and O–H groups in total. The molecule has 0 aliphatic carbocycles. The van der Waals surface area contributed by atoms with Gasteiger partial charge in [-0.05, 0) is 30.1 Å². The molecule has 0 spiro atoms. The predicted octanol–water partition coefficient (Wildman–Crippen LogP) is 3.50. The number of halogens is 1. The Morgan fingerprint density at radius 2 is 2.25 bits per heavy atom. The van der Waals surface area contributed by atoms with Crippen LogP contribution in [-0.2, 0) is 6.61 Å². The molecule has 4 heteroatoms. The third-order valence-corrected chi connectivity index (χ3v) is 3.99. The van der Waals surface area contributed by atoms with Gasteiger partial charge in [-0.25, -0.2) is 0 Å². The van der Waals surface area contributed by atoms with Gasteiger partial charge in [-0.2, -0.15) is 11.8 Å². The van der Waals surface area contributed by atoms with Crippen LogP contribution in [0.4, 0.5) is 5.69 Å². The summed E-state index contributed by atoms with van der Waals surface area (Å²) in [6.45, 7) is 3.19. The van der Waals surface area contributed by atoms with E-state index in [0.29, 0.717) is 0 Å². The van der Waals surface area contributed by atoms with Gasteiger partial charge in [0.25, 0.3) is 0 Å². The first-order valence-electron chi connectivity index (χ1n) is 5.49. The highest BCUT2D eigenvalue weighted by Crippen LogP contribution is 2.24. The van der Waals surface area contributed by atoms with E-state index in [9.17, 15) is 5.11 Å². The largest absolute Gasteiger partial charge is 0.392 e. The molecule has 1 aromatic rings. The Morgan fingerprint density at radius 3 is 2.94 bits per heavy atom. The average molecular weight is 304 g/mol. The Balaban J connectivity index is 2.44. The molecule has 0 aliphatic heterocycles. The van der Waals surface area contributed by atoms with Gasteiger partial charge in [-0.15, -0.1) is 0 Å². The van der Waals surface area contributed by atoms with E-state index in [1.54, 1.807) is 0 Å². The van der Waals surface area contributed by atoms with Crippen LogP contribution in [0.25, 0.3) is 0 Å². The molecule has 0 fully saturated rings. The van der Waals surface area contributed by atoms with Crippen molar-refractivity contribution in [1.29, 1.82) is 0 Å². The number of hydrogen-bond donors (Lipinski definition) is 2. The highest BCUT2D eigenvalue weighted by molar-refractivity contribution is 9.10. The maximum Gasteiger partial charge on any atom is 0.0713 e. The summed E-state index contributed by atoms with van der Waals surface area (Å²) in [5, 5.41) is 12.6. The molecule has 0 amide bonds. The molecule has 0 saturated heterocycles. The Bertz CT molecular complexity index is 320. The number of thioether (sulfide) groups is 1. The lowest BCUT2D eigenvalue weighted by atomic mass is 10.2. The second kappa shape index (κ2) is 7.98. The molecule has 0 saturated carbocycles. The third kappa shape index (κ3) is 4.36. The Morgan fingerprint density at radius 1 is 1.44 bits per heavy atom. The minimum atomic E-state index is 0.0630. The minimum Gasteiger partial charge on any atom is -0.392 e. The zero-order valence-corrected chi connectivity index (χ0v) is 11.9. The van der Waals surface area contributed by atoms with Crippen molar-refractivity contribution in [3.05, 3.63) is 28.2 Å². The molecule has 0 aliphatic rings. The predicted molar refractivity (Wildman–Crippen MR) is 76.2 cm³/mol. The second-order valence-corrected chi connectivity index (χ2v) is 5.65. The van der Waals surface area contributed by atoms with Crippen molar-refractivity contribution in [3.8, 4) is 0 Å². The number of nitrogens with one attached hydrogen (secondary N) is 1. The lowest BCUT2D eigenvalue weighted by Crippen LogP contribution is -2.05. The standard InChI is InChI=1S/C12H18BrNOS/c1-2-16-8-4-7-14-12-6-3-5-11(13)10(12)9-15/h3,5-6,14-15H,2,4,7-9H2,1H3. The van der Waals surface area contributed by atoms with Crippen LogP contribution < -0.4 is 5.32 Å². The van der Waals surface area contributed by atoms with Crippen LogP contribution in [0.1, 0.15) is 18.9 Å². The van der Waals surface area contributed by atoms with E-state index >= 15 is 0 Å². The van der Waals surface area contributed by atoms with Crippen LogP contribution in [0, 0.1) is 0 Å². The van der Waals surface area contributed by atoms with Crippen LogP contribution in [0.2, 0.25) is 0 Å². The van der Waals surface area contributed by atoms with Crippen LogP contribution in [0.5, 0.6) is 0 Å². The Hall–Kier alpha value is -0.190. The van der Waals surface area contributed by atoms with E-state index in [4.69, 9.17) is 0 Å². The van der Waals surface area contributed by atoms with Gasteiger partial charge in [0.2, 0.25) is 0 Å². The molecule has 0 aromatic heterocycles. The van der Waals surface area contributed by atoms with E-state index < -0.39 is 0 Å². The Labute approximate surface area is 110 Å². The van der Waals surface area contributed by atoms with E-state index in [-0.39, 0.29) is 6.61 Å². The number of rotatable bonds is 7. The van der Waals surface area contributed by atoms with Gasteiger partial charge in [-0.1, -0.05) is 28.9 Å². The SMILES string of the molecule is CCSCCCNc1cccc(Br)c1CO. The first-order chi connectivity index (χ1) is 7.79. The molecule has 0 radical (unpaired) electrons. The van der Waals surface area contributed by atoms with Gasteiger partial charge in [0.05, 0.1) is 6.61 Å². The lowest BCUT2D eigenvalue weighted by Gasteiger charge is -2.11. The minimum absolute atomic E-state index is 0.0630. The number of hydrogen-bond acceptors (Lipinski definition) is 3. The maximum atomic E-state index is 9.27. The zero-order chi connectivity index (χ0) is 11.8. The maximum absolute atomic E-state index is 9.27. The quantitative estimate of drug-likeness (QED) is 0.756. The fourth-order valence-corrected chi connectivity index (χ4v) is 2.56. The van der Waals surface area contributed by atoms with Crippen LogP contribution in [0.15, 0.2) is 22.7 Å². The van der Waals surface area contributed by atoms with Crippen molar-refractivity contribution >= 4 is 33.4 Å². The molecule has 1 rings (SSSR count). The molecule has 0 atom stereocenters. The van der Waals surface area contributed by atoms with Crippen LogP contribution >= 0.6 is 27.7 Å². The molecule has 0 heterocycles. The van der Waals surface area contributed by atoms with E-state index in [0.717, 1.165) is 28.7 Å². The number of anilines is 1. The van der Waals surface area contributed by atoms with Gasteiger partial charge in [0, 0.05) is 22.3 Å². The van der Waals surface area contributed by atoms with Crippen molar-refractivity contribution in [1.82, 2.24) is 0 Å². The van der Waals surface area contributed by atoms with Gasteiger partial charge in [0.1, 0.15) is 0 Å². The number of aliphatic hydroxyl groups is 1. The molecule has 16 heavy (non-hydrogen) atoms. The van der Waals surface area contributed by atoms with Crippen LogP contribution in [0.3, 0.4) is 0 Å². The normalized spacial score (nSPS) is 10.4. The Kier molecular flexibility index (Phi) is 6.92. The summed E-state index contributed by atoms with van der Waals surface area (Å²) in [5.41, 5.74) is 1.96. The van der Waals surface area contributed by atoms with Gasteiger partial charge in [0.15, 0.2) is 0 Å². The number of aliphatic hydroxyl groups excluding tert-OH is 1. The monoisotopic (exact) mass is 303 g/mol. The third-order valence-electron chi connectivity index (χ3n) is 2.26. The summed E-state index contributed by atoms with van der Waals surface area (Å²) in [5.74, 6) is 2.37. The van der Waals surface area contributed by atoms with Gasteiger partial charge >= 0.3 is 0 Å².